The number of carbonyl (C=O) groups is 1. The summed E-state index contributed by atoms with van der Waals surface area (Å²) in [6.45, 7) is 1.67. The first-order valence-corrected chi connectivity index (χ1v) is 8.52. The van der Waals surface area contributed by atoms with Crippen molar-refractivity contribution in [3.8, 4) is 5.75 Å². The fourth-order valence-electron chi connectivity index (χ4n) is 2.76. The zero-order valence-corrected chi connectivity index (χ0v) is 15.1. The normalized spacial score (nSPS) is 11.5. The molecule has 29 heavy (non-hydrogen) atoms. The van der Waals surface area contributed by atoms with Gasteiger partial charge < -0.3 is 4.74 Å². The lowest BCUT2D eigenvalue weighted by Gasteiger charge is -2.14. The van der Waals surface area contributed by atoms with Gasteiger partial charge in [0.15, 0.2) is 0 Å². The van der Waals surface area contributed by atoms with Crippen LogP contribution in [0.5, 0.6) is 5.75 Å². The number of aromatic nitrogens is 2. The third kappa shape index (κ3) is 4.89. The summed E-state index contributed by atoms with van der Waals surface area (Å²) in [4.78, 5) is 29.2. The molecule has 0 saturated heterocycles. The van der Waals surface area contributed by atoms with Crippen LogP contribution >= 0.6 is 0 Å². The minimum atomic E-state index is -4.87. The van der Waals surface area contributed by atoms with Gasteiger partial charge in [0.05, 0.1) is 17.3 Å². The molecule has 1 amide bonds. The van der Waals surface area contributed by atoms with Crippen LogP contribution in [0.4, 0.5) is 17.6 Å². The first-order valence-electron chi connectivity index (χ1n) is 8.52. The Morgan fingerprint density at radius 3 is 2.62 bits per heavy atom. The number of ether oxygens (including phenoxy) is 1. The summed E-state index contributed by atoms with van der Waals surface area (Å²) in [5.74, 6) is -1.44. The van der Waals surface area contributed by atoms with Gasteiger partial charge in [0.1, 0.15) is 17.4 Å². The van der Waals surface area contributed by atoms with Crippen LogP contribution in [-0.4, -0.2) is 21.9 Å². The fraction of sp³-hybridized carbons (Fsp3) is 0.211. The SMILES string of the molecule is CCc1nc2cc(OC(F)(F)F)ccc2c(=O)n1NC(=O)Cc1cccc(F)c1. The Kier molecular flexibility index (Phi) is 5.53. The zero-order chi connectivity index (χ0) is 21.2. The number of halogens is 4. The Morgan fingerprint density at radius 2 is 1.97 bits per heavy atom. The Balaban J connectivity index is 1.93. The van der Waals surface area contributed by atoms with Gasteiger partial charge >= 0.3 is 6.36 Å². The summed E-state index contributed by atoms with van der Waals surface area (Å²) in [7, 11) is 0. The fourth-order valence-corrected chi connectivity index (χ4v) is 2.76. The van der Waals surface area contributed by atoms with Crippen LogP contribution < -0.4 is 15.7 Å². The molecule has 0 aliphatic carbocycles. The Labute approximate surface area is 161 Å². The molecule has 152 valence electrons. The lowest BCUT2D eigenvalue weighted by Crippen LogP contribution is -2.37. The minimum absolute atomic E-state index is 0.00257. The number of rotatable bonds is 5. The van der Waals surface area contributed by atoms with E-state index in [1.165, 1.54) is 18.2 Å². The third-order valence-corrected chi connectivity index (χ3v) is 3.95. The lowest BCUT2D eigenvalue weighted by atomic mass is 10.1. The average Bonchev–Trinajstić information content (AvgIpc) is 2.62. The van der Waals surface area contributed by atoms with E-state index in [1.807, 2.05) is 0 Å². The Morgan fingerprint density at radius 1 is 1.21 bits per heavy atom. The average molecular weight is 409 g/mol. The number of aryl methyl sites for hydroxylation is 1. The van der Waals surface area contributed by atoms with Crippen molar-refractivity contribution in [3.63, 3.8) is 0 Å². The summed E-state index contributed by atoms with van der Waals surface area (Å²) < 4.78 is 55.2. The van der Waals surface area contributed by atoms with Gasteiger partial charge in [-0.2, -0.15) is 0 Å². The van der Waals surface area contributed by atoms with Gasteiger partial charge in [0, 0.05) is 12.5 Å². The first-order chi connectivity index (χ1) is 13.7. The van der Waals surface area contributed by atoms with Crippen molar-refractivity contribution < 1.29 is 27.1 Å². The van der Waals surface area contributed by atoms with Gasteiger partial charge in [-0.1, -0.05) is 19.1 Å². The molecule has 0 fully saturated rings. The van der Waals surface area contributed by atoms with Crippen LogP contribution in [0.2, 0.25) is 0 Å². The molecule has 3 aromatic rings. The monoisotopic (exact) mass is 409 g/mol. The van der Waals surface area contributed by atoms with Crippen molar-refractivity contribution in [2.75, 3.05) is 5.43 Å². The second-order valence-corrected chi connectivity index (χ2v) is 6.09. The molecule has 0 bridgehead atoms. The smallest absolute Gasteiger partial charge is 0.406 e. The number of benzene rings is 2. The molecule has 10 heteroatoms. The van der Waals surface area contributed by atoms with Crippen molar-refractivity contribution in [3.05, 3.63) is 70.0 Å². The van der Waals surface area contributed by atoms with E-state index in [2.05, 4.69) is 15.1 Å². The molecule has 0 aliphatic heterocycles. The van der Waals surface area contributed by atoms with Crippen LogP contribution in [0, 0.1) is 5.82 Å². The number of nitrogens with zero attached hydrogens (tertiary/aromatic N) is 2. The molecule has 0 saturated carbocycles. The number of hydrogen-bond acceptors (Lipinski definition) is 4. The van der Waals surface area contributed by atoms with Gasteiger partial charge in [0.25, 0.3) is 5.56 Å². The topological polar surface area (TPSA) is 73.2 Å². The van der Waals surface area contributed by atoms with Crippen LogP contribution in [-0.2, 0) is 17.6 Å². The Hall–Kier alpha value is -3.43. The van der Waals surface area contributed by atoms with Crippen LogP contribution in [0.1, 0.15) is 18.3 Å². The predicted molar refractivity (Wildman–Crippen MR) is 96.5 cm³/mol. The van der Waals surface area contributed by atoms with Gasteiger partial charge in [-0.25, -0.2) is 14.1 Å². The lowest BCUT2D eigenvalue weighted by molar-refractivity contribution is -0.274. The Bertz CT molecular complexity index is 1130. The molecule has 6 nitrogen and oxygen atoms in total. The summed E-state index contributed by atoms with van der Waals surface area (Å²) >= 11 is 0. The second kappa shape index (κ2) is 7.90. The highest BCUT2D eigenvalue weighted by Gasteiger charge is 2.31. The van der Waals surface area contributed by atoms with Crippen molar-refractivity contribution in [1.82, 2.24) is 9.66 Å². The molecule has 3 rings (SSSR count). The molecule has 0 unspecified atom stereocenters. The maximum absolute atomic E-state index is 13.3. The molecular weight excluding hydrogens is 394 g/mol. The van der Waals surface area contributed by atoms with E-state index < -0.39 is 29.4 Å². The van der Waals surface area contributed by atoms with Crippen molar-refractivity contribution >= 4 is 16.8 Å². The largest absolute Gasteiger partial charge is 0.573 e. The molecule has 0 spiro atoms. The van der Waals surface area contributed by atoms with Crippen molar-refractivity contribution in [2.45, 2.75) is 26.1 Å². The van der Waals surface area contributed by atoms with Gasteiger partial charge in [-0.05, 0) is 29.8 Å². The standard InChI is InChI=1S/C19H15F4N3O3/c1-2-16-24-15-10-13(29-19(21,22)23)6-7-14(15)18(28)26(16)25-17(27)9-11-4-3-5-12(20)8-11/h3-8,10H,2,9H2,1H3,(H,25,27). The molecule has 1 aromatic heterocycles. The van der Waals surface area contributed by atoms with E-state index in [0.29, 0.717) is 5.56 Å². The zero-order valence-electron chi connectivity index (χ0n) is 15.1. The van der Waals surface area contributed by atoms with E-state index in [1.54, 1.807) is 13.0 Å². The maximum atomic E-state index is 13.3. The second-order valence-electron chi connectivity index (χ2n) is 6.09. The highest BCUT2D eigenvalue weighted by atomic mass is 19.4. The van der Waals surface area contributed by atoms with E-state index >= 15 is 0 Å². The van der Waals surface area contributed by atoms with E-state index in [4.69, 9.17) is 0 Å². The molecule has 1 N–H and O–H groups in total. The molecule has 0 aliphatic rings. The van der Waals surface area contributed by atoms with Gasteiger partial charge in [-0.3, -0.25) is 15.0 Å². The quantitative estimate of drug-likeness (QED) is 0.657. The minimum Gasteiger partial charge on any atom is -0.406 e. The first kappa shape index (κ1) is 20.3. The van der Waals surface area contributed by atoms with Crippen LogP contribution in [0.25, 0.3) is 10.9 Å². The molecule has 2 aromatic carbocycles. The number of fused-ring (bicyclic) bond motifs is 1. The predicted octanol–water partition coefficient (Wildman–Crippen LogP) is 3.31. The van der Waals surface area contributed by atoms with E-state index in [9.17, 15) is 27.2 Å². The number of nitrogens with one attached hydrogen (secondary N) is 1. The highest BCUT2D eigenvalue weighted by molar-refractivity contribution is 5.86. The summed E-state index contributed by atoms with van der Waals surface area (Å²) in [5.41, 5.74) is 2.17. The van der Waals surface area contributed by atoms with Crippen LogP contribution in [0.3, 0.4) is 0 Å². The van der Waals surface area contributed by atoms with Gasteiger partial charge in [0.2, 0.25) is 5.91 Å². The van der Waals surface area contributed by atoms with Gasteiger partial charge in [-0.15, -0.1) is 13.2 Å². The summed E-state index contributed by atoms with van der Waals surface area (Å²) in [5, 5.41) is 0.00257. The highest BCUT2D eigenvalue weighted by Crippen LogP contribution is 2.24. The molecule has 0 atom stereocenters. The van der Waals surface area contributed by atoms with Crippen molar-refractivity contribution in [1.29, 1.82) is 0 Å². The van der Waals surface area contributed by atoms with E-state index in [0.717, 1.165) is 22.9 Å². The maximum Gasteiger partial charge on any atom is 0.573 e. The number of amides is 1. The number of hydrogen-bond donors (Lipinski definition) is 1. The summed E-state index contributed by atoms with van der Waals surface area (Å²) in [6.07, 6.45) is -4.83. The third-order valence-electron chi connectivity index (χ3n) is 3.95. The molecular formula is C19H15F4N3O3. The van der Waals surface area contributed by atoms with Crippen molar-refractivity contribution in [2.24, 2.45) is 0 Å². The molecule has 0 radical (unpaired) electrons. The number of alkyl halides is 3. The summed E-state index contributed by atoms with van der Waals surface area (Å²) in [6, 6.07) is 8.59. The molecule has 1 heterocycles. The van der Waals surface area contributed by atoms with E-state index in [-0.39, 0.29) is 29.6 Å². The van der Waals surface area contributed by atoms with Crippen LogP contribution in [0.15, 0.2) is 47.3 Å². The number of carbonyl (C=O) groups excluding carboxylic acids is 1.